The third kappa shape index (κ3) is 4.16. The fourth-order valence-corrected chi connectivity index (χ4v) is 2.57. The second kappa shape index (κ2) is 6.52. The van der Waals surface area contributed by atoms with Gasteiger partial charge in [0.2, 0.25) is 5.91 Å². The molecule has 2 rings (SSSR count). The molecule has 1 amide bonds. The maximum absolute atomic E-state index is 13.5. The highest BCUT2D eigenvalue weighted by Gasteiger charge is 2.23. The van der Waals surface area contributed by atoms with Crippen LogP contribution in [-0.2, 0) is 9.53 Å². The summed E-state index contributed by atoms with van der Waals surface area (Å²) in [5, 5.41) is 2.93. The molecule has 4 nitrogen and oxygen atoms in total. The zero-order valence-corrected chi connectivity index (χ0v) is 12.3. The second-order valence-corrected chi connectivity index (χ2v) is 5.56. The third-order valence-electron chi connectivity index (χ3n) is 3.06. The largest absolute Gasteiger partial charge is 0.373 e. The number of hydrogen-bond acceptors (Lipinski definition) is 3. The topological polar surface area (TPSA) is 41.6 Å². The first-order chi connectivity index (χ1) is 9.44. The van der Waals surface area contributed by atoms with Gasteiger partial charge in [-0.25, -0.2) is 4.39 Å². The summed E-state index contributed by atoms with van der Waals surface area (Å²) in [6.07, 6.45) is 0.184. The number of halogens is 2. The normalized spacial score (nSPS) is 23.6. The highest BCUT2D eigenvalue weighted by Crippen LogP contribution is 2.19. The van der Waals surface area contributed by atoms with E-state index in [0.29, 0.717) is 18.1 Å². The van der Waals surface area contributed by atoms with Crippen LogP contribution in [0.15, 0.2) is 18.2 Å². The van der Waals surface area contributed by atoms with Crippen molar-refractivity contribution in [1.82, 2.24) is 4.90 Å². The van der Waals surface area contributed by atoms with Crippen molar-refractivity contribution in [3.63, 3.8) is 0 Å². The van der Waals surface area contributed by atoms with Crippen LogP contribution in [0.3, 0.4) is 0 Å². The van der Waals surface area contributed by atoms with Gasteiger partial charge in [0.15, 0.2) is 0 Å². The van der Waals surface area contributed by atoms with E-state index in [-0.39, 0.29) is 30.3 Å². The van der Waals surface area contributed by atoms with Crippen LogP contribution < -0.4 is 5.32 Å². The fraction of sp³-hybridized carbons (Fsp3) is 0.500. The van der Waals surface area contributed by atoms with Crippen LogP contribution in [-0.4, -0.2) is 42.6 Å². The van der Waals surface area contributed by atoms with Gasteiger partial charge in [-0.1, -0.05) is 11.6 Å². The number of amides is 1. The maximum Gasteiger partial charge on any atom is 0.238 e. The number of morpholine rings is 1. The Morgan fingerprint density at radius 1 is 1.45 bits per heavy atom. The minimum atomic E-state index is -0.494. The summed E-state index contributed by atoms with van der Waals surface area (Å²) in [5.41, 5.74) is 0.108. The molecule has 110 valence electrons. The summed E-state index contributed by atoms with van der Waals surface area (Å²) in [5.74, 6) is -0.751. The number of ether oxygens (including phenoxy) is 1. The van der Waals surface area contributed by atoms with Crippen LogP contribution >= 0.6 is 11.6 Å². The molecule has 0 unspecified atom stereocenters. The van der Waals surface area contributed by atoms with Crippen molar-refractivity contribution in [2.45, 2.75) is 26.1 Å². The van der Waals surface area contributed by atoms with Crippen LogP contribution in [0.5, 0.6) is 0 Å². The Morgan fingerprint density at radius 2 is 2.10 bits per heavy atom. The Morgan fingerprint density at radius 3 is 2.75 bits per heavy atom. The Hall–Kier alpha value is -1.17. The monoisotopic (exact) mass is 300 g/mol. The van der Waals surface area contributed by atoms with Gasteiger partial charge in [0.05, 0.1) is 24.4 Å². The van der Waals surface area contributed by atoms with Crippen LogP contribution in [0.2, 0.25) is 5.02 Å². The molecular formula is C14H18ClFN2O2. The lowest BCUT2D eigenvalue weighted by Crippen LogP contribution is -2.48. The molecule has 6 heteroatoms. The first kappa shape index (κ1) is 15.2. The van der Waals surface area contributed by atoms with E-state index in [4.69, 9.17) is 16.3 Å². The van der Waals surface area contributed by atoms with Crippen molar-refractivity contribution >= 4 is 23.2 Å². The summed E-state index contributed by atoms with van der Waals surface area (Å²) in [4.78, 5) is 14.0. The number of rotatable bonds is 3. The van der Waals surface area contributed by atoms with Crippen LogP contribution in [0.4, 0.5) is 10.1 Å². The van der Waals surface area contributed by atoms with Gasteiger partial charge in [-0.2, -0.15) is 0 Å². The van der Waals surface area contributed by atoms with Gasteiger partial charge in [-0.3, -0.25) is 9.69 Å². The van der Waals surface area contributed by atoms with Crippen molar-refractivity contribution < 1.29 is 13.9 Å². The van der Waals surface area contributed by atoms with E-state index >= 15 is 0 Å². The van der Waals surface area contributed by atoms with Gasteiger partial charge >= 0.3 is 0 Å². The van der Waals surface area contributed by atoms with E-state index in [0.717, 1.165) is 0 Å². The minimum absolute atomic E-state index is 0.0921. The predicted octanol–water partition coefficient (Wildman–Crippen LogP) is 2.53. The quantitative estimate of drug-likeness (QED) is 0.932. The third-order valence-corrected chi connectivity index (χ3v) is 3.30. The molecule has 0 saturated carbocycles. The number of benzene rings is 1. The van der Waals surface area contributed by atoms with Crippen molar-refractivity contribution in [3.05, 3.63) is 29.0 Å². The number of nitrogens with zero attached hydrogens (tertiary/aromatic N) is 1. The Labute approximate surface area is 122 Å². The van der Waals surface area contributed by atoms with Gasteiger partial charge in [-0.15, -0.1) is 0 Å². The lowest BCUT2D eigenvalue weighted by atomic mass is 10.2. The van der Waals surface area contributed by atoms with Gasteiger partial charge in [0.1, 0.15) is 5.82 Å². The Kier molecular flexibility index (Phi) is 4.96. The summed E-state index contributed by atoms with van der Waals surface area (Å²) in [6, 6.07) is 4.08. The summed E-state index contributed by atoms with van der Waals surface area (Å²) < 4.78 is 19.1. The number of nitrogens with one attached hydrogen (secondary N) is 1. The number of carbonyl (C=O) groups is 1. The standard InChI is InChI=1S/C14H18ClFN2O2/c1-9-6-18(7-10(2)20-9)8-14(19)17-13-5-11(15)3-4-12(13)16/h3-5,9-10H,6-8H2,1-2H3,(H,17,19)/t9-,10+. The maximum atomic E-state index is 13.5. The average Bonchev–Trinajstić information content (AvgIpc) is 2.32. The smallest absolute Gasteiger partial charge is 0.238 e. The van der Waals surface area contributed by atoms with Crippen molar-refractivity contribution in [1.29, 1.82) is 0 Å². The molecule has 20 heavy (non-hydrogen) atoms. The number of anilines is 1. The molecule has 1 fully saturated rings. The molecule has 0 bridgehead atoms. The molecule has 1 N–H and O–H groups in total. The summed E-state index contributed by atoms with van der Waals surface area (Å²) in [7, 11) is 0. The van der Waals surface area contributed by atoms with Gasteiger partial charge in [-0.05, 0) is 32.0 Å². The summed E-state index contributed by atoms with van der Waals surface area (Å²) >= 11 is 5.79. The zero-order valence-electron chi connectivity index (χ0n) is 11.5. The second-order valence-electron chi connectivity index (χ2n) is 5.12. The fourth-order valence-electron chi connectivity index (χ4n) is 2.40. The van der Waals surface area contributed by atoms with Gasteiger partial charge in [0, 0.05) is 18.1 Å². The molecule has 0 aromatic heterocycles. The zero-order chi connectivity index (χ0) is 14.7. The lowest BCUT2D eigenvalue weighted by Gasteiger charge is -2.34. The number of carbonyl (C=O) groups excluding carboxylic acids is 1. The first-order valence-electron chi connectivity index (χ1n) is 6.56. The summed E-state index contributed by atoms with van der Waals surface area (Å²) in [6.45, 7) is 5.53. The average molecular weight is 301 g/mol. The molecule has 0 aliphatic carbocycles. The van der Waals surface area contributed by atoms with E-state index < -0.39 is 5.82 Å². The van der Waals surface area contributed by atoms with Gasteiger partial charge < -0.3 is 10.1 Å². The number of hydrogen-bond donors (Lipinski definition) is 1. The lowest BCUT2D eigenvalue weighted by molar-refractivity contribution is -0.121. The molecule has 1 heterocycles. The molecule has 1 aromatic carbocycles. The van der Waals surface area contributed by atoms with Crippen molar-refractivity contribution in [3.8, 4) is 0 Å². The van der Waals surface area contributed by atoms with E-state index in [2.05, 4.69) is 5.32 Å². The van der Waals surface area contributed by atoms with E-state index in [1.807, 2.05) is 18.7 Å². The molecule has 1 aliphatic rings. The van der Waals surface area contributed by atoms with Crippen molar-refractivity contribution in [2.24, 2.45) is 0 Å². The van der Waals surface area contributed by atoms with E-state index in [9.17, 15) is 9.18 Å². The van der Waals surface area contributed by atoms with Crippen LogP contribution in [0.25, 0.3) is 0 Å². The predicted molar refractivity (Wildman–Crippen MR) is 76.5 cm³/mol. The molecule has 1 aliphatic heterocycles. The molecule has 1 aromatic rings. The van der Waals surface area contributed by atoms with Crippen LogP contribution in [0, 0.1) is 5.82 Å². The first-order valence-corrected chi connectivity index (χ1v) is 6.94. The highest BCUT2D eigenvalue weighted by molar-refractivity contribution is 6.30. The van der Waals surface area contributed by atoms with E-state index in [1.165, 1.54) is 18.2 Å². The van der Waals surface area contributed by atoms with Gasteiger partial charge in [0.25, 0.3) is 0 Å². The molecule has 2 atom stereocenters. The SMILES string of the molecule is C[C@@H]1CN(CC(=O)Nc2cc(Cl)ccc2F)C[C@H](C)O1. The van der Waals surface area contributed by atoms with Crippen LogP contribution in [0.1, 0.15) is 13.8 Å². The molecule has 0 radical (unpaired) electrons. The Bertz CT molecular complexity index is 488. The minimum Gasteiger partial charge on any atom is -0.373 e. The molecule has 1 saturated heterocycles. The molecular weight excluding hydrogens is 283 g/mol. The molecule has 0 spiro atoms. The van der Waals surface area contributed by atoms with E-state index in [1.54, 1.807) is 0 Å². The highest BCUT2D eigenvalue weighted by atomic mass is 35.5. The van der Waals surface area contributed by atoms with Crippen molar-refractivity contribution in [2.75, 3.05) is 25.0 Å². The Balaban J connectivity index is 1.93.